The molecule has 2 aromatic carbocycles. The molecular weight excluding hydrogens is 468 g/mol. The number of fused-ring (bicyclic) bond motifs is 1. The van der Waals surface area contributed by atoms with Gasteiger partial charge in [0.1, 0.15) is 29.7 Å². The van der Waals surface area contributed by atoms with Crippen LogP contribution in [-0.4, -0.2) is 57.3 Å². The summed E-state index contributed by atoms with van der Waals surface area (Å²) in [6, 6.07) is 15.5. The number of hydrogen-bond acceptors (Lipinski definition) is 7. The maximum absolute atomic E-state index is 12.3. The Kier molecular flexibility index (Phi) is 6.00. The van der Waals surface area contributed by atoms with E-state index in [1.54, 1.807) is 36.5 Å². The first-order valence-electron chi connectivity index (χ1n) is 11.2. The Morgan fingerprint density at radius 3 is 2.57 bits per heavy atom. The van der Waals surface area contributed by atoms with Gasteiger partial charge in [0.05, 0.1) is 21.7 Å². The van der Waals surface area contributed by atoms with Gasteiger partial charge in [0.25, 0.3) is 5.91 Å². The van der Waals surface area contributed by atoms with Crippen LogP contribution in [0.3, 0.4) is 0 Å². The van der Waals surface area contributed by atoms with Crippen LogP contribution in [0.25, 0.3) is 16.9 Å². The van der Waals surface area contributed by atoms with Crippen molar-refractivity contribution in [2.24, 2.45) is 0 Å². The molecule has 1 fully saturated rings. The monoisotopic (exact) mass is 492 g/mol. The normalized spacial score (nSPS) is 16.2. The minimum atomic E-state index is -3.32. The van der Waals surface area contributed by atoms with Gasteiger partial charge in [-0.25, -0.2) is 18.4 Å². The standard InChI is InChI=1S/C25H24N4O5S/c1-2-35(32,33)19-8-6-18(7-9-19)34-23-14-21-20(27-16-29(21)24-5-3-4-11-26-24)13-17(23)15-28-12-10-22(30)25(28)31/h3-9,11,13-14,16,22,30H,2,10,12,15H2,1H3/t22-/m0/s1. The third-order valence-electron chi connectivity index (χ3n) is 6.05. The van der Waals surface area contributed by atoms with Crippen molar-refractivity contribution in [2.75, 3.05) is 12.3 Å². The van der Waals surface area contributed by atoms with Gasteiger partial charge in [0, 0.05) is 30.9 Å². The maximum atomic E-state index is 12.3. The molecule has 3 heterocycles. The van der Waals surface area contributed by atoms with Crippen molar-refractivity contribution >= 4 is 26.8 Å². The van der Waals surface area contributed by atoms with Gasteiger partial charge in [-0.15, -0.1) is 0 Å². The summed E-state index contributed by atoms with van der Waals surface area (Å²) >= 11 is 0. The molecule has 35 heavy (non-hydrogen) atoms. The zero-order chi connectivity index (χ0) is 24.6. The van der Waals surface area contributed by atoms with Gasteiger partial charge >= 0.3 is 0 Å². The van der Waals surface area contributed by atoms with Crippen LogP contribution in [0, 0.1) is 0 Å². The Hall–Kier alpha value is -3.76. The van der Waals surface area contributed by atoms with Gasteiger partial charge in [-0.3, -0.25) is 9.36 Å². The number of aliphatic hydroxyl groups is 1. The number of nitrogens with zero attached hydrogens (tertiary/aromatic N) is 4. The number of ether oxygens (including phenoxy) is 1. The van der Waals surface area contributed by atoms with Crippen LogP contribution in [-0.2, 0) is 21.2 Å². The summed E-state index contributed by atoms with van der Waals surface area (Å²) in [6.07, 6.45) is 2.78. The number of amides is 1. The van der Waals surface area contributed by atoms with Crippen LogP contribution in [0.5, 0.6) is 11.5 Å². The molecule has 4 aromatic rings. The Labute approximate surface area is 202 Å². The fraction of sp³-hybridized carbons (Fsp3) is 0.240. The van der Waals surface area contributed by atoms with E-state index in [9.17, 15) is 18.3 Å². The number of benzene rings is 2. The zero-order valence-corrected chi connectivity index (χ0v) is 19.9. The van der Waals surface area contributed by atoms with E-state index in [0.29, 0.717) is 35.8 Å². The van der Waals surface area contributed by atoms with Crippen LogP contribution in [0.4, 0.5) is 0 Å². The largest absolute Gasteiger partial charge is 0.457 e. The number of carbonyl (C=O) groups excluding carboxylic acids is 1. The summed E-state index contributed by atoms with van der Waals surface area (Å²) in [5, 5.41) is 9.87. The number of carbonyl (C=O) groups is 1. The molecule has 0 aliphatic carbocycles. The van der Waals surface area contributed by atoms with E-state index in [-0.39, 0.29) is 23.1 Å². The van der Waals surface area contributed by atoms with Gasteiger partial charge in [0.15, 0.2) is 9.84 Å². The fourth-order valence-electron chi connectivity index (χ4n) is 4.07. The summed E-state index contributed by atoms with van der Waals surface area (Å²) < 4.78 is 32.3. The average molecular weight is 493 g/mol. The molecule has 180 valence electrons. The maximum Gasteiger partial charge on any atom is 0.251 e. The molecule has 0 saturated carbocycles. The highest BCUT2D eigenvalue weighted by Crippen LogP contribution is 2.33. The van der Waals surface area contributed by atoms with Crippen LogP contribution in [0.1, 0.15) is 18.9 Å². The van der Waals surface area contributed by atoms with Crippen LogP contribution in [0.15, 0.2) is 72.0 Å². The first kappa shape index (κ1) is 23.0. The topological polar surface area (TPSA) is 115 Å². The van der Waals surface area contributed by atoms with Crippen molar-refractivity contribution in [3.63, 3.8) is 0 Å². The second-order valence-electron chi connectivity index (χ2n) is 8.29. The van der Waals surface area contributed by atoms with Crippen molar-refractivity contribution in [3.8, 4) is 17.3 Å². The summed E-state index contributed by atoms with van der Waals surface area (Å²) in [6.45, 7) is 2.30. The number of aliphatic hydroxyl groups excluding tert-OH is 1. The zero-order valence-electron chi connectivity index (χ0n) is 19.0. The molecule has 5 rings (SSSR count). The molecule has 0 unspecified atom stereocenters. The second kappa shape index (κ2) is 9.12. The van der Waals surface area contributed by atoms with Gasteiger partial charge in [-0.2, -0.15) is 0 Å². The Morgan fingerprint density at radius 1 is 1.11 bits per heavy atom. The Balaban J connectivity index is 1.55. The highest BCUT2D eigenvalue weighted by molar-refractivity contribution is 7.91. The molecular formula is C25H24N4O5S. The third-order valence-corrected chi connectivity index (χ3v) is 7.80. The second-order valence-corrected chi connectivity index (χ2v) is 10.6. The number of rotatable bonds is 7. The molecule has 9 nitrogen and oxygen atoms in total. The van der Waals surface area contributed by atoms with Gasteiger partial charge in [0.2, 0.25) is 0 Å². The molecule has 1 N–H and O–H groups in total. The number of hydrogen-bond donors (Lipinski definition) is 1. The predicted octanol–water partition coefficient (Wildman–Crippen LogP) is 3.10. The highest BCUT2D eigenvalue weighted by Gasteiger charge is 2.30. The van der Waals surface area contributed by atoms with E-state index in [0.717, 1.165) is 11.1 Å². The van der Waals surface area contributed by atoms with Crippen molar-refractivity contribution in [1.29, 1.82) is 0 Å². The van der Waals surface area contributed by atoms with E-state index in [2.05, 4.69) is 9.97 Å². The van der Waals surface area contributed by atoms with E-state index in [1.807, 2.05) is 34.9 Å². The first-order chi connectivity index (χ1) is 16.9. The number of imidazole rings is 1. The van der Waals surface area contributed by atoms with Crippen LogP contribution < -0.4 is 4.74 Å². The molecule has 1 aliphatic rings. The van der Waals surface area contributed by atoms with Gasteiger partial charge in [-0.05, 0) is 48.9 Å². The number of pyridine rings is 1. The minimum Gasteiger partial charge on any atom is -0.457 e. The number of sulfone groups is 1. The van der Waals surface area contributed by atoms with Crippen LogP contribution >= 0.6 is 0 Å². The smallest absolute Gasteiger partial charge is 0.251 e. The molecule has 1 amide bonds. The minimum absolute atomic E-state index is 0.0151. The molecule has 1 saturated heterocycles. The lowest BCUT2D eigenvalue weighted by Crippen LogP contribution is -2.29. The van der Waals surface area contributed by atoms with Crippen molar-refractivity contribution in [1.82, 2.24) is 19.4 Å². The highest BCUT2D eigenvalue weighted by atomic mass is 32.2. The molecule has 0 bridgehead atoms. The summed E-state index contributed by atoms with van der Waals surface area (Å²) in [5.74, 6) is 1.35. The molecule has 0 spiro atoms. The molecule has 0 radical (unpaired) electrons. The molecule has 10 heteroatoms. The number of likely N-dealkylation sites (tertiary alicyclic amines) is 1. The van der Waals surface area contributed by atoms with Crippen molar-refractivity contribution < 1.29 is 23.1 Å². The summed E-state index contributed by atoms with van der Waals surface area (Å²) in [5.41, 5.74) is 2.19. The summed E-state index contributed by atoms with van der Waals surface area (Å²) in [7, 11) is -3.32. The first-order valence-corrected chi connectivity index (χ1v) is 12.9. The number of aromatic nitrogens is 3. The Morgan fingerprint density at radius 2 is 1.91 bits per heavy atom. The fourth-order valence-corrected chi connectivity index (χ4v) is 4.95. The third kappa shape index (κ3) is 4.50. The molecule has 1 atom stereocenters. The van der Waals surface area contributed by atoms with E-state index in [4.69, 9.17) is 4.74 Å². The van der Waals surface area contributed by atoms with Crippen molar-refractivity contribution in [2.45, 2.75) is 30.9 Å². The van der Waals surface area contributed by atoms with Crippen LogP contribution in [0.2, 0.25) is 0 Å². The quantitative estimate of drug-likeness (QED) is 0.422. The lowest BCUT2D eigenvalue weighted by atomic mass is 10.1. The summed E-state index contributed by atoms with van der Waals surface area (Å²) in [4.78, 5) is 23.1. The predicted molar refractivity (Wildman–Crippen MR) is 129 cm³/mol. The lowest BCUT2D eigenvalue weighted by Gasteiger charge is -2.19. The van der Waals surface area contributed by atoms with Crippen molar-refractivity contribution in [3.05, 3.63) is 72.7 Å². The Bertz CT molecular complexity index is 1480. The average Bonchev–Trinajstić information content (AvgIpc) is 3.43. The van der Waals surface area contributed by atoms with E-state index >= 15 is 0 Å². The van der Waals surface area contributed by atoms with E-state index < -0.39 is 15.9 Å². The molecule has 1 aliphatic heterocycles. The lowest BCUT2D eigenvalue weighted by molar-refractivity contribution is -0.134. The molecule has 2 aromatic heterocycles. The van der Waals surface area contributed by atoms with Gasteiger partial charge in [-0.1, -0.05) is 13.0 Å². The van der Waals surface area contributed by atoms with Gasteiger partial charge < -0.3 is 14.7 Å². The SMILES string of the molecule is CCS(=O)(=O)c1ccc(Oc2cc3c(cc2CN2CC[C@H](O)C2=O)ncn3-c2ccccn2)cc1. The van der Waals surface area contributed by atoms with E-state index in [1.165, 1.54) is 12.1 Å².